The molecule has 0 atom stereocenters. The third-order valence-electron chi connectivity index (χ3n) is 1.96. The molecular weight excluding hydrogens is 164 g/mol. The lowest BCUT2D eigenvalue weighted by atomic mass is 10.2. The summed E-state index contributed by atoms with van der Waals surface area (Å²) in [7, 11) is 0. The number of aromatic nitrogens is 4. The Labute approximate surface area is 76.6 Å². The van der Waals surface area contributed by atoms with Crippen molar-refractivity contribution in [1.82, 2.24) is 20.0 Å². The van der Waals surface area contributed by atoms with Gasteiger partial charge in [-0.3, -0.25) is 9.78 Å². The lowest BCUT2D eigenvalue weighted by Gasteiger charge is -2.02. The van der Waals surface area contributed by atoms with Crippen molar-refractivity contribution in [2.24, 2.45) is 0 Å². The van der Waals surface area contributed by atoms with Crippen molar-refractivity contribution in [3.8, 4) is 11.1 Å². The molecule has 2 aromatic rings. The Balaban J connectivity index is 2.33. The molecule has 0 saturated carbocycles. The summed E-state index contributed by atoms with van der Waals surface area (Å²) < 4.78 is 1.93. The van der Waals surface area contributed by atoms with E-state index in [2.05, 4.69) is 29.1 Å². The smallest absolute Gasteiger partial charge is 0.0569 e. The van der Waals surface area contributed by atoms with E-state index < -0.39 is 0 Å². The van der Waals surface area contributed by atoms with Crippen LogP contribution in [0.1, 0.15) is 19.9 Å². The van der Waals surface area contributed by atoms with Crippen molar-refractivity contribution >= 4 is 0 Å². The molecule has 0 spiro atoms. The van der Waals surface area contributed by atoms with Gasteiger partial charge in [-0.05, 0) is 13.8 Å². The molecule has 0 amide bonds. The standard InChI is InChI=1S/C9H12N4/c1-7(2)13-6-9(5-12-13)8-3-10-11-4-8/h3-7H,1-2H3,(H,10,11). The number of H-pyrrole nitrogens is 1. The fourth-order valence-corrected chi connectivity index (χ4v) is 1.18. The second kappa shape index (κ2) is 3.05. The quantitative estimate of drug-likeness (QED) is 0.759. The summed E-state index contributed by atoms with van der Waals surface area (Å²) in [5.41, 5.74) is 2.18. The molecule has 0 aromatic carbocycles. The van der Waals surface area contributed by atoms with Gasteiger partial charge < -0.3 is 0 Å². The first kappa shape index (κ1) is 8.04. The summed E-state index contributed by atoms with van der Waals surface area (Å²) in [6.07, 6.45) is 7.53. The van der Waals surface area contributed by atoms with Gasteiger partial charge in [0, 0.05) is 29.6 Å². The Kier molecular flexibility index (Phi) is 1.88. The maximum absolute atomic E-state index is 4.25. The SMILES string of the molecule is CC(C)n1cc(-c2cn[nH]c2)cn1. The number of hydrogen-bond acceptors (Lipinski definition) is 2. The van der Waals surface area contributed by atoms with Crippen LogP contribution < -0.4 is 0 Å². The highest BCUT2D eigenvalue weighted by Gasteiger charge is 2.03. The maximum Gasteiger partial charge on any atom is 0.0569 e. The molecule has 0 fully saturated rings. The van der Waals surface area contributed by atoms with Crippen molar-refractivity contribution in [2.45, 2.75) is 19.9 Å². The summed E-state index contributed by atoms with van der Waals surface area (Å²) in [6.45, 7) is 4.21. The monoisotopic (exact) mass is 176 g/mol. The Morgan fingerprint density at radius 1 is 1.31 bits per heavy atom. The molecule has 0 aliphatic carbocycles. The van der Waals surface area contributed by atoms with Crippen LogP contribution in [0.3, 0.4) is 0 Å². The fourth-order valence-electron chi connectivity index (χ4n) is 1.18. The number of nitrogens with zero attached hydrogens (tertiary/aromatic N) is 3. The molecular formula is C9H12N4. The topological polar surface area (TPSA) is 46.5 Å². The van der Waals surface area contributed by atoms with Crippen LogP contribution in [0.25, 0.3) is 11.1 Å². The molecule has 0 bridgehead atoms. The molecule has 13 heavy (non-hydrogen) atoms. The predicted octanol–water partition coefficient (Wildman–Crippen LogP) is 1.85. The summed E-state index contributed by atoms with van der Waals surface area (Å²) in [5.74, 6) is 0. The third kappa shape index (κ3) is 1.47. The summed E-state index contributed by atoms with van der Waals surface area (Å²) in [4.78, 5) is 0. The molecule has 1 N–H and O–H groups in total. The molecule has 2 heterocycles. The third-order valence-corrected chi connectivity index (χ3v) is 1.96. The minimum atomic E-state index is 0.403. The van der Waals surface area contributed by atoms with Crippen LogP contribution in [0.5, 0.6) is 0 Å². The molecule has 68 valence electrons. The first-order chi connectivity index (χ1) is 6.27. The van der Waals surface area contributed by atoms with Gasteiger partial charge in [0.1, 0.15) is 0 Å². The zero-order valence-electron chi connectivity index (χ0n) is 7.73. The van der Waals surface area contributed by atoms with Gasteiger partial charge in [-0.15, -0.1) is 0 Å². The van der Waals surface area contributed by atoms with Crippen LogP contribution in [0.2, 0.25) is 0 Å². The Bertz CT molecular complexity index is 372. The van der Waals surface area contributed by atoms with E-state index in [9.17, 15) is 0 Å². The van der Waals surface area contributed by atoms with Crippen molar-refractivity contribution < 1.29 is 0 Å². The Morgan fingerprint density at radius 3 is 2.69 bits per heavy atom. The van der Waals surface area contributed by atoms with E-state index in [-0.39, 0.29) is 0 Å². The number of nitrogens with one attached hydrogen (secondary N) is 1. The van der Waals surface area contributed by atoms with Gasteiger partial charge in [0.05, 0.1) is 12.4 Å². The highest BCUT2D eigenvalue weighted by Crippen LogP contribution is 2.17. The van der Waals surface area contributed by atoms with Crippen LogP contribution in [-0.2, 0) is 0 Å². The van der Waals surface area contributed by atoms with Gasteiger partial charge in [-0.1, -0.05) is 0 Å². The molecule has 4 heteroatoms. The minimum absolute atomic E-state index is 0.403. The van der Waals surface area contributed by atoms with Gasteiger partial charge in [0.25, 0.3) is 0 Å². The van der Waals surface area contributed by atoms with Crippen molar-refractivity contribution in [2.75, 3.05) is 0 Å². The van der Waals surface area contributed by atoms with Gasteiger partial charge in [0.2, 0.25) is 0 Å². The largest absolute Gasteiger partial charge is 0.285 e. The first-order valence-corrected chi connectivity index (χ1v) is 4.30. The summed E-state index contributed by atoms with van der Waals surface area (Å²) in [5, 5.41) is 10.9. The second-order valence-corrected chi connectivity index (χ2v) is 3.29. The number of hydrogen-bond donors (Lipinski definition) is 1. The highest BCUT2D eigenvalue weighted by molar-refractivity contribution is 5.59. The van der Waals surface area contributed by atoms with Gasteiger partial charge >= 0.3 is 0 Å². The lowest BCUT2D eigenvalue weighted by molar-refractivity contribution is 0.532. The van der Waals surface area contributed by atoms with E-state index in [1.807, 2.05) is 23.3 Å². The first-order valence-electron chi connectivity index (χ1n) is 4.30. The molecule has 2 rings (SSSR count). The molecule has 0 saturated heterocycles. The number of aromatic amines is 1. The van der Waals surface area contributed by atoms with Gasteiger partial charge in [-0.2, -0.15) is 10.2 Å². The van der Waals surface area contributed by atoms with E-state index in [1.165, 1.54) is 0 Å². The summed E-state index contributed by atoms with van der Waals surface area (Å²) >= 11 is 0. The van der Waals surface area contributed by atoms with Crippen molar-refractivity contribution in [1.29, 1.82) is 0 Å². The van der Waals surface area contributed by atoms with E-state index in [0.29, 0.717) is 6.04 Å². The van der Waals surface area contributed by atoms with E-state index in [1.54, 1.807) is 6.20 Å². The Morgan fingerprint density at radius 2 is 2.15 bits per heavy atom. The average molecular weight is 176 g/mol. The Hall–Kier alpha value is -1.58. The second-order valence-electron chi connectivity index (χ2n) is 3.29. The van der Waals surface area contributed by atoms with E-state index in [0.717, 1.165) is 11.1 Å². The van der Waals surface area contributed by atoms with Crippen LogP contribution in [-0.4, -0.2) is 20.0 Å². The zero-order valence-corrected chi connectivity index (χ0v) is 7.73. The molecule has 0 unspecified atom stereocenters. The van der Waals surface area contributed by atoms with Crippen molar-refractivity contribution in [3.63, 3.8) is 0 Å². The zero-order chi connectivity index (χ0) is 9.26. The van der Waals surface area contributed by atoms with E-state index in [4.69, 9.17) is 0 Å². The predicted molar refractivity (Wildman–Crippen MR) is 50.2 cm³/mol. The lowest BCUT2D eigenvalue weighted by Crippen LogP contribution is -1.99. The average Bonchev–Trinajstić information content (AvgIpc) is 2.75. The van der Waals surface area contributed by atoms with Crippen LogP contribution in [0.4, 0.5) is 0 Å². The minimum Gasteiger partial charge on any atom is -0.285 e. The fraction of sp³-hybridized carbons (Fsp3) is 0.333. The van der Waals surface area contributed by atoms with Crippen LogP contribution in [0.15, 0.2) is 24.8 Å². The molecule has 0 radical (unpaired) electrons. The summed E-state index contributed by atoms with van der Waals surface area (Å²) in [6, 6.07) is 0.403. The van der Waals surface area contributed by atoms with Crippen molar-refractivity contribution in [3.05, 3.63) is 24.8 Å². The molecule has 4 nitrogen and oxygen atoms in total. The maximum atomic E-state index is 4.25. The van der Waals surface area contributed by atoms with Crippen LogP contribution in [0, 0.1) is 0 Å². The molecule has 0 aliphatic heterocycles. The molecule has 2 aromatic heterocycles. The molecule has 0 aliphatic rings. The number of rotatable bonds is 2. The normalized spacial score (nSPS) is 11.0. The van der Waals surface area contributed by atoms with Gasteiger partial charge in [0.15, 0.2) is 0 Å². The van der Waals surface area contributed by atoms with Crippen LogP contribution >= 0.6 is 0 Å². The highest BCUT2D eigenvalue weighted by atomic mass is 15.3. The van der Waals surface area contributed by atoms with Gasteiger partial charge in [-0.25, -0.2) is 0 Å². The van der Waals surface area contributed by atoms with E-state index >= 15 is 0 Å².